The maximum Gasteiger partial charge on any atom is 0.391 e. The van der Waals surface area contributed by atoms with Crippen LogP contribution < -0.4 is 10.6 Å². The van der Waals surface area contributed by atoms with Gasteiger partial charge in [-0.05, 0) is 37.3 Å². The van der Waals surface area contributed by atoms with E-state index >= 15 is 0 Å². The van der Waals surface area contributed by atoms with Crippen LogP contribution in [-0.2, 0) is 6.42 Å². The summed E-state index contributed by atoms with van der Waals surface area (Å²) in [6, 6.07) is 3.87. The first kappa shape index (κ1) is 16.1. The zero-order valence-corrected chi connectivity index (χ0v) is 12.2. The molecular formula is C15H22F3N3. The molecular weight excluding hydrogens is 279 g/mol. The van der Waals surface area contributed by atoms with Gasteiger partial charge in [0.2, 0.25) is 0 Å². The SMILES string of the molecule is CCC(N)Cc1cccnc1N1CCC(C(F)(F)F)CC1. The highest BCUT2D eigenvalue weighted by Crippen LogP contribution is 2.35. The van der Waals surface area contributed by atoms with Crippen LogP contribution in [0.1, 0.15) is 31.7 Å². The third-order valence-electron chi connectivity index (χ3n) is 4.13. The second-order valence-corrected chi connectivity index (χ2v) is 5.66. The molecule has 2 heterocycles. The van der Waals surface area contributed by atoms with Crippen molar-refractivity contribution in [1.82, 2.24) is 4.98 Å². The largest absolute Gasteiger partial charge is 0.391 e. The number of alkyl halides is 3. The van der Waals surface area contributed by atoms with E-state index in [1.807, 2.05) is 24.0 Å². The maximum atomic E-state index is 12.7. The quantitative estimate of drug-likeness (QED) is 0.929. The van der Waals surface area contributed by atoms with Crippen LogP contribution in [0.4, 0.5) is 19.0 Å². The first-order chi connectivity index (χ1) is 9.91. The predicted molar refractivity (Wildman–Crippen MR) is 77.2 cm³/mol. The standard InChI is InChI=1S/C15H22F3N3/c1-2-13(19)10-11-4-3-7-20-14(11)21-8-5-12(6-9-21)15(16,17)18/h3-4,7,12-13H,2,5-6,8-10,19H2,1H3. The van der Waals surface area contributed by atoms with E-state index in [9.17, 15) is 13.2 Å². The molecule has 0 amide bonds. The van der Waals surface area contributed by atoms with Gasteiger partial charge in [0.15, 0.2) is 0 Å². The van der Waals surface area contributed by atoms with Gasteiger partial charge >= 0.3 is 6.18 Å². The Balaban J connectivity index is 2.06. The van der Waals surface area contributed by atoms with E-state index in [0.717, 1.165) is 17.8 Å². The summed E-state index contributed by atoms with van der Waals surface area (Å²) in [7, 11) is 0. The first-order valence-electron chi connectivity index (χ1n) is 7.43. The number of piperidine rings is 1. The Morgan fingerprint density at radius 2 is 2.05 bits per heavy atom. The molecule has 0 saturated carbocycles. The third-order valence-corrected chi connectivity index (χ3v) is 4.13. The lowest BCUT2D eigenvalue weighted by Crippen LogP contribution is -2.40. The van der Waals surface area contributed by atoms with Crippen LogP contribution in [0.15, 0.2) is 18.3 Å². The van der Waals surface area contributed by atoms with E-state index in [2.05, 4.69) is 4.98 Å². The van der Waals surface area contributed by atoms with Gasteiger partial charge in [0, 0.05) is 25.3 Å². The van der Waals surface area contributed by atoms with Gasteiger partial charge in [0.05, 0.1) is 5.92 Å². The highest BCUT2D eigenvalue weighted by Gasteiger charge is 2.41. The minimum atomic E-state index is -4.08. The molecule has 1 unspecified atom stereocenters. The van der Waals surface area contributed by atoms with Crippen LogP contribution in [0.3, 0.4) is 0 Å². The van der Waals surface area contributed by atoms with E-state index < -0.39 is 12.1 Å². The van der Waals surface area contributed by atoms with Crippen molar-refractivity contribution in [3.63, 3.8) is 0 Å². The van der Waals surface area contributed by atoms with E-state index in [1.54, 1.807) is 6.20 Å². The van der Waals surface area contributed by atoms with Gasteiger partial charge in [-0.1, -0.05) is 13.0 Å². The molecule has 0 aromatic carbocycles. The molecule has 21 heavy (non-hydrogen) atoms. The van der Waals surface area contributed by atoms with E-state index in [1.165, 1.54) is 0 Å². The van der Waals surface area contributed by atoms with Gasteiger partial charge in [-0.3, -0.25) is 0 Å². The average Bonchev–Trinajstić information content (AvgIpc) is 2.47. The molecule has 1 aromatic rings. The van der Waals surface area contributed by atoms with Crippen LogP contribution in [-0.4, -0.2) is 30.3 Å². The Morgan fingerprint density at radius 3 is 2.62 bits per heavy atom. The minimum Gasteiger partial charge on any atom is -0.356 e. The van der Waals surface area contributed by atoms with Gasteiger partial charge in [-0.2, -0.15) is 13.2 Å². The molecule has 1 saturated heterocycles. The molecule has 1 atom stereocenters. The van der Waals surface area contributed by atoms with Gasteiger partial charge in [0.25, 0.3) is 0 Å². The smallest absolute Gasteiger partial charge is 0.356 e. The average molecular weight is 301 g/mol. The normalized spacial score (nSPS) is 18.8. The van der Waals surface area contributed by atoms with E-state index in [-0.39, 0.29) is 18.9 Å². The van der Waals surface area contributed by atoms with Crippen molar-refractivity contribution in [3.05, 3.63) is 23.9 Å². The lowest BCUT2D eigenvalue weighted by Gasteiger charge is -2.34. The molecule has 1 aliphatic heterocycles. The lowest BCUT2D eigenvalue weighted by atomic mass is 9.95. The third kappa shape index (κ3) is 4.09. The Bertz CT molecular complexity index is 454. The van der Waals surface area contributed by atoms with Crippen LogP contribution in [0, 0.1) is 5.92 Å². The molecule has 0 spiro atoms. The highest BCUT2D eigenvalue weighted by atomic mass is 19.4. The van der Waals surface area contributed by atoms with Gasteiger partial charge in [0.1, 0.15) is 5.82 Å². The monoisotopic (exact) mass is 301 g/mol. The molecule has 0 radical (unpaired) electrons. The van der Waals surface area contributed by atoms with E-state index in [4.69, 9.17) is 5.73 Å². The Kier molecular flexibility index (Phi) is 5.08. The van der Waals surface area contributed by atoms with Crippen molar-refractivity contribution in [2.45, 2.75) is 44.8 Å². The number of rotatable bonds is 4. The van der Waals surface area contributed by atoms with Crippen molar-refractivity contribution in [2.24, 2.45) is 11.7 Å². The van der Waals surface area contributed by atoms with Gasteiger partial charge in [-0.25, -0.2) is 4.98 Å². The molecule has 1 aromatic heterocycles. The molecule has 1 aliphatic rings. The zero-order chi connectivity index (χ0) is 15.5. The molecule has 0 aliphatic carbocycles. The lowest BCUT2D eigenvalue weighted by molar-refractivity contribution is -0.179. The van der Waals surface area contributed by atoms with Crippen molar-refractivity contribution in [2.75, 3.05) is 18.0 Å². The molecule has 2 N–H and O–H groups in total. The number of hydrogen-bond donors (Lipinski definition) is 1. The van der Waals surface area contributed by atoms with Gasteiger partial charge in [-0.15, -0.1) is 0 Å². The number of anilines is 1. The molecule has 3 nitrogen and oxygen atoms in total. The fourth-order valence-electron chi connectivity index (χ4n) is 2.72. The molecule has 6 heteroatoms. The van der Waals surface area contributed by atoms with Crippen LogP contribution >= 0.6 is 0 Å². The highest BCUT2D eigenvalue weighted by molar-refractivity contribution is 5.47. The summed E-state index contributed by atoms with van der Waals surface area (Å²) < 4.78 is 38.2. The van der Waals surface area contributed by atoms with Crippen LogP contribution in [0.25, 0.3) is 0 Å². The number of nitrogens with zero attached hydrogens (tertiary/aromatic N) is 2. The summed E-state index contributed by atoms with van der Waals surface area (Å²) in [6.45, 7) is 2.82. The number of aromatic nitrogens is 1. The maximum absolute atomic E-state index is 12.7. The van der Waals surface area contributed by atoms with E-state index in [0.29, 0.717) is 19.5 Å². The zero-order valence-electron chi connectivity index (χ0n) is 12.2. The molecule has 118 valence electrons. The molecule has 2 rings (SSSR count). The van der Waals surface area contributed by atoms with Crippen molar-refractivity contribution < 1.29 is 13.2 Å². The number of hydrogen-bond acceptors (Lipinski definition) is 3. The van der Waals surface area contributed by atoms with Crippen molar-refractivity contribution in [1.29, 1.82) is 0 Å². The molecule has 0 bridgehead atoms. The summed E-state index contributed by atoms with van der Waals surface area (Å²) >= 11 is 0. The summed E-state index contributed by atoms with van der Waals surface area (Å²) in [5.41, 5.74) is 7.01. The Morgan fingerprint density at radius 1 is 1.38 bits per heavy atom. The van der Waals surface area contributed by atoms with Crippen molar-refractivity contribution >= 4 is 5.82 Å². The minimum absolute atomic E-state index is 0.0562. The predicted octanol–water partition coefficient (Wildman–Crippen LogP) is 3.14. The Labute approximate surface area is 123 Å². The summed E-state index contributed by atoms with van der Waals surface area (Å²) in [6.07, 6.45) is -0.544. The fraction of sp³-hybridized carbons (Fsp3) is 0.667. The summed E-state index contributed by atoms with van der Waals surface area (Å²) in [5.74, 6) is -0.388. The second kappa shape index (κ2) is 6.64. The van der Waals surface area contributed by atoms with Crippen molar-refractivity contribution in [3.8, 4) is 0 Å². The summed E-state index contributed by atoms with van der Waals surface area (Å²) in [4.78, 5) is 6.32. The van der Waals surface area contributed by atoms with Crippen LogP contribution in [0.2, 0.25) is 0 Å². The number of halogens is 3. The fourth-order valence-corrected chi connectivity index (χ4v) is 2.72. The summed E-state index contributed by atoms with van der Waals surface area (Å²) in [5, 5.41) is 0. The second-order valence-electron chi connectivity index (χ2n) is 5.66. The number of pyridine rings is 1. The topological polar surface area (TPSA) is 42.1 Å². The van der Waals surface area contributed by atoms with Crippen LogP contribution in [0.5, 0.6) is 0 Å². The van der Waals surface area contributed by atoms with Gasteiger partial charge < -0.3 is 10.6 Å². The number of nitrogens with two attached hydrogens (primary N) is 1. The Hall–Kier alpha value is -1.30. The first-order valence-corrected chi connectivity index (χ1v) is 7.43. The molecule has 1 fully saturated rings.